The fourth-order valence-electron chi connectivity index (χ4n) is 2.33. The fraction of sp³-hybridized carbons (Fsp3) is 0.0625. The Balaban J connectivity index is 1.56. The minimum absolute atomic E-state index is 0.285. The van der Waals surface area contributed by atoms with Crippen LogP contribution in [-0.2, 0) is 5.75 Å². The smallest absolute Gasteiger partial charge is 0.277 e. The van der Waals surface area contributed by atoms with Gasteiger partial charge in [0.25, 0.3) is 10.8 Å². The average molecular weight is 429 g/mol. The van der Waals surface area contributed by atoms with E-state index in [4.69, 9.17) is 9.68 Å². The van der Waals surface area contributed by atoms with E-state index in [1.807, 2.05) is 30.3 Å². The second-order valence-corrected chi connectivity index (χ2v) is 7.06. The number of hydrogen-bond donors (Lipinski definition) is 1. The summed E-state index contributed by atoms with van der Waals surface area (Å²) in [4.78, 5) is 16.4. The van der Waals surface area contributed by atoms with E-state index < -0.39 is 0 Å². The van der Waals surface area contributed by atoms with Crippen LogP contribution >= 0.6 is 27.7 Å². The zero-order chi connectivity index (χ0) is 18.1. The molecule has 0 aliphatic carbocycles. The lowest BCUT2D eigenvalue weighted by Gasteiger charge is -1.99. The van der Waals surface area contributed by atoms with Crippen molar-refractivity contribution in [2.75, 3.05) is 0 Å². The molecular formula is C16H9BrN6O2S. The first-order valence-electron chi connectivity index (χ1n) is 7.36. The fourth-order valence-corrected chi connectivity index (χ4v) is 3.38. The molecule has 4 aromatic rings. The van der Waals surface area contributed by atoms with Gasteiger partial charge in [-0.15, -0.1) is 10.2 Å². The Kier molecular flexibility index (Phi) is 4.32. The van der Waals surface area contributed by atoms with Crippen LogP contribution in [0.2, 0.25) is 0 Å². The molecule has 3 aromatic heterocycles. The van der Waals surface area contributed by atoms with Gasteiger partial charge in [-0.2, -0.15) is 5.26 Å². The van der Waals surface area contributed by atoms with Crippen molar-refractivity contribution in [2.45, 2.75) is 11.0 Å². The van der Waals surface area contributed by atoms with Gasteiger partial charge in [-0.05, 0) is 18.2 Å². The Hall–Kier alpha value is -2.90. The van der Waals surface area contributed by atoms with Crippen molar-refractivity contribution >= 4 is 33.3 Å². The van der Waals surface area contributed by atoms with E-state index in [-0.39, 0.29) is 5.56 Å². The summed E-state index contributed by atoms with van der Waals surface area (Å²) in [6, 6.07) is 11.0. The van der Waals surface area contributed by atoms with Crippen molar-refractivity contribution < 1.29 is 4.42 Å². The lowest BCUT2D eigenvalue weighted by molar-refractivity contribution is 0.466. The molecule has 3 heterocycles. The summed E-state index contributed by atoms with van der Waals surface area (Å²) in [5, 5.41) is 20.2. The molecule has 8 nitrogen and oxygen atoms in total. The standard InChI is InChI=1S/C16H9BrN6O2S/c17-11-3-1-2-9(4-11)15-21-22-16(25-15)26-8-12-5-13(24)23-14(20-12)10(6-18)7-19-23/h1-5,7,19H,8H2. The summed E-state index contributed by atoms with van der Waals surface area (Å²) in [7, 11) is 0. The molecule has 0 spiro atoms. The third kappa shape index (κ3) is 3.14. The normalized spacial score (nSPS) is 10.9. The predicted octanol–water partition coefficient (Wildman–Crippen LogP) is 3.00. The van der Waals surface area contributed by atoms with E-state index >= 15 is 0 Å². The van der Waals surface area contributed by atoms with Crippen LogP contribution < -0.4 is 5.56 Å². The SMILES string of the molecule is N#Cc1c[nH]n2c(=O)cc(CSc3nnc(-c4cccc(Br)c4)o3)nc12. The summed E-state index contributed by atoms with van der Waals surface area (Å²) in [6.45, 7) is 0. The summed E-state index contributed by atoms with van der Waals surface area (Å²) in [5.41, 5.74) is 1.66. The molecule has 0 bridgehead atoms. The maximum Gasteiger partial charge on any atom is 0.277 e. The molecule has 26 heavy (non-hydrogen) atoms. The van der Waals surface area contributed by atoms with Crippen LogP contribution in [0.25, 0.3) is 17.1 Å². The molecule has 0 saturated carbocycles. The molecule has 4 rings (SSSR count). The van der Waals surface area contributed by atoms with Gasteiger partial charge in [0.1, 0.15) is 11.6 Å². The molecule has 0 aliphatic rings. The van der Waals surface area contributed by atoms with E-state index in [9.17, 15) is 4.79 Å². The molecule has 0 aliphatic heterocycles. The van der Waals surface area contributed by atoms with Crippen LogP contribution in [0.5, 0.6) is 0 Å². The van der Waals surface area contributed by atoms with E-state index in [0.717, 1.165) is 10.0 Å². The van der Waals surface area contributed by atoms with Crippen LogP contribution in [-0.4, -0.2) is 24.8 Å². The van der Waals surface area contributed by atoms with E-state index in [2.05, 4.69) is 36.2 Å². The number of H-pyrrole nitrogens is 1. The van der Waals surface area contributed by atoms with Gasteiger partial charge in [0, 0.05) is 28.1 Å². The number of rotatable bonds is 4. The Morgan fingerprint density at radius 3 is 3.04 bits per heavy atom. The topological polar surface area (TPSA) is 113 Å². The number of thioether (sulfide) groups is 1. The first-order chi connectivity index (χ1) is 12.6. The molecule has 0 fully saturated rings. The van der Waals surface area contributed by atoms with Crippen molar-refractivity contribution in [2.24, 2.45) is 0 Å². The number of nitrogens with zero attached hydrogens (tertiary/aromatic N) is 5. The molecule has 10 heteroatoms. The van der Waals surface area contributed by atoms with Gasteiger partial charge in [0.2, 0.25) is 5.89 Å². The number of aromatic amines is 1. The van der Waals surface area contributed by atoms with Gasteiger partial charge < -0.3 is 4.42 Å². The van der Waals surface area contributed by atoms with E-state index in [1.54, 1.807) is 0 Å². The molecule has 0 unspecified atom stereocenters. The highest BCUT2D eigenvalue weighted by Crippen LogP contribution is 2.26. The zero-order valence-electron chi connectivity index (χ0n) is 13.0. The minimum atomic E-state index is -0.285. The molecule has 0 amide bonds. The van der Waals surface area contributed by atoms with Crippen LogP contribution in [0, 0.1) is 11.3 Å². The molecule has 0 radical (unpaired) electrons. The van der Waals surface area contributed by atoms with Crippen LogP contribution in [0.4, 0.5) is 0 Å². The quantitative estimate of drug-likeness (QED) is 0.496. The van der Waals surface area contributed by atoms with E-state index in [1.165, 1.54) is 28.5 Å². The summed E-state index contributed by atoms with van der Waals surface area (Å²) in [5.74, 6) is 0.775. The summed E-state index contributed by atoms with van der Waals surface area (Å²) < 4.78 is 7.79. The Bertz CT molecular complexity index is 1210. The van der Waals surface area contributed by atoms with Gasteiger partial charge in [-0.3, -0.25) is 9.89 Å². The minimum Gasteiger partial charge on any atom is -0.411 e. The molecule has 128 valence electrons. The number of halogens is 1. The molecule has 0 saturated heterocycles. The Morgan fingerprint density at radius 2 is 2.23 bits per heavy atom. The van der Waals surface area contributed by atoms with Crippen molar-refractivity contribution in [1.82, 2.24) is 24.8 Å². The highest BCUT2D eigenvalue weighted by Gasteiger charge is 2.12. The van der Waals surface area contributed by atoms with Gasteiger partial charge in [0.15, 0.2) is 5.65 Å². The third-order valence-electron chi connectivity index (χ3n) is 3.49. The first kappa shape index (κ1) is 16.6. The molecule has 0 atom stereocenters. The maximum atomic E-state index is 12.1. The molecular weight excluding hydrogens is 420 g/mol. The maximum absolute atomic E-state index is 12.1. The number of nitrogens with one attached hydrogen (secondary N) is 1. The van der Waals surface area contributed by atoms with Crippen LogP contribution in [0.3, 0.4) is 0 Å². The highest BCUT2D eigenvalue weighted by atomic mass is 79.9. The Morgan fingerprint density at radius 1 is 1.35 bits per heavy atom. The molecule has 1 aromatic carbocycles. The largest absolute Gasteiger partial charge is 0.411 e. The third-order valence-corrected chi connectivity index (χ3v) is 4.84. The monoisotopic (exact) mass is 428 g/mol. The van der Waals surface area contributed by atoms with Crippen molar-refractivity contribution in [3.05, 3.63) is 62.6 Å². The number of benzene rings is 1. The van der Waals surface area contributed by atoms with Gasteiger partial charge in [-0.25, -0.2) is 9.50 Å². The second-order valence-electron chi connectivity index (χ2n) is 5.22. The lowest BCUT2D eigenvalue weighted by atomic mass is 10.2. The second kappa shape index (κ2) is 6.78. The van der Waals surface area contributed by atoms with Crippen LogP contribution in [0.15, 0.2) is 55.4 Å². The molecule has 1 N–H and O–H groups in total. The summed E-state index contributed by atoms with van der Waals surface area (Å²) >= 11 is 4.67. The first-order valence-corrected chi connectivity index (χ1v) is 9.14. The van der Waals surface area contributed by atoms with Crippen LogP contribution in [0.1, 0.15) is 11.3 Å². The highest BCUT2D eigenvalue weighted by molar-refractivity contribution is 9.10. The number of aromatic nitrogens is 5. The average Bonchev–Trinajstić information content (AvgIpc) is 3.27. The number of hydrogen-bond acceptors (Lipinski definition) is 7. The van der Waals surface area contributed by atoms with Crippen molar-refractivity contribution in [3.8, 4) is 17.5 Å². The number of nitriles is 1. The van der Waals surface area contributed by atoms with Gasteiger partial charge >= 0.3 is 0 Å². The predicted molar refractivity (Wildman–Crippen MR) is 97.5 cm³/mol. The Labute approximate surface area is 159 Å². The van der Waals surface area contributed by atoms with Gasteiger partial charge in [-0.1, -0.05) is 33.8 Å². The lowest BCUT2D eigenvalue weighted by Crippen LogP contribution is -2.15. The number of fused-ring (bicyclic) bond motifs is 1. The van der Waals surface area contributed by atoms with Crippen molar-refractivity contribution in [3.63, 3.8) is 0 Å². The zero-order valence-corrected chi connectivity index (χ0v) is 15.4. The van der Waals surface area contributed by atoms with Gasteiger partial charge in [0.05, 0.1) is 5.69 Å². The summed E-state index contributed by atoms with van der Waals surface area (Å²) in [6.07, 6.45) is 1.45. The van der Waals surface area contributed by atoms with E-state index in [0.29, 0.717) is 33.8 Å². The van der Waals surface area contributed by atoms with Crippen molar-refractivity contribution in [1.29, 1.82) is 5.26 Å².